The van der Waals surface area contributed by atoms with Gasteiger partial charge in [0.25, 0.3) is 0 Å². The van der Waals surface area contributed by atoms with Crippen LogP contribution >= 0.6 is 11.6 Å². The van der Waals surface area contributed by atoms with Crippen LogP contribution in [0.15, 0.2) is 16.7 Å². The lowest BCUT2D eigenvalue weighted by molar-refractivity contribution is 0.139. The highest BCUT2D eigenvalue weighted by Gasteiger charge is 2.35. The van der Waals surface area contributed by atoms with Crippen LogP contribution in [0.5, 0.6) is 5.75 Å². The predicted molar refractivity (Wildman–Crippen MR) is 96.8 cm³/mol. The second kappa shape index (κ2) is 6.16. The van der Waals surface area contributed by atoms with Gasteiger partial charge in [0.05, 0.1) is 10.9 Å². The van der Waals surface area contributed by atoms with Crippen LogP contribution in [-0.4, -0.2) is 39.8 Å². The number of halogens is 1. The first-order valence-corrected chi connectivity index (χ1v) is 9.07. The minimum atomic E-state index is -0.305. The van der Waals surface area contributed by atoms with Gasteiger partial charge in [-0.3, -0.25) is 0 Å². The van der Waals surface area contributed by atoms with Gasteiger partial charge in [0, 0.05) is 25.1 Å². The number of ether oxygens (including phenoxy) is 1. The van der Waals surface area contributed by atoms with Crippen LogP contribution in [0, 0.1) is 6.92 Å². The third-order valence-electron chi connectivity index (χ3n) is 4.78. The van der Waals surface area contributed by atoms with Gasteiger partial charge in [-0.05, 0) is 33.3 Å². The molecule has 4 rings (SSSR count). The van der Waals surface area contributed by atoms with Crippen LogP contribution in [-0.2, 0) is 6.42 Å². The summed E-state index contributed by atoms with van der Waals surface area (Å²) in [6.07, 6.45) is 1.57. The van der Waals surface area contributed by atoms with E-state index in [1.165, 1.54) is 0 Å². The van der Waals surface area contributed by atoms with Crippen LogP contribution < -0.4 is 10.1 Å². The highest BCUT2D eigenvalue weighted by Crippen LogP contribution is 2.44. The molecule has 1 fully saturated rings. The molecule has 1 saturated heterocycles. The molecule has 0 saturated carbocycles. The number of benzene rings is 1. The fourth-order valence-corrected chi connectivity index (χ4v) is 3.75. The minimum Gasteiger partial charge on any atom is -0.485 e. The van der Waals surface area contributed by atoms with Crippen molar-refractivity contribution in [3.63, 3.8) is 0 Å². The standard InChI is InChI=1S/C18H21ClN4O3/c1-10-20-16(26-22-10)12-6-7-23(9-12)17(24)21-14-13(19)5-4-11-8-18(2,3)25-15(11)14/h4-5,12H,6-9H2,1-3H3,(H,21,24). The predicted octanol–water partition coefficient (Wildman–Crippen LogP) is 3.77. The fraction of sp³-hybridized carbons (Fsp3) is 0.500. The Hall–Kier alpha value is -2.28. The van der Waals surface area contributed by atoms with Gasteiger partial charge in [0.2, 0.25) is 5.89 Å². The van der Waals surface area contributed by atoms with E-state index in [0.29, 0.717) is 41.3 Å². The summed E-state index contributed by atoms with van der Waals surface area (Å²) in [6.45, 7) is 6.98. The first-order chi connectivity index (χ1) is 12.3. The number of aryl methyl sites for hydroxylation is 1. The van der Waals surface area contributed by atoms with Crippen molar-refractivity contribution in [3.05, 3.63) is 34.4 Å². The smallest absolute Gasteiger partial charge is 0.322 e. The van der Waals surface area contributed by atoms with Gasteiger partial charge >= 0.3 is 6.03 Å². The Labute approximate surface area is 156 Å². The van der Waals surface area contributed by atoms with Crippen molar-refractivity contribution in [2.45, 2.75) is 45.1 Å². The summed E-state index contributed by atoms with van der Waals surface area (Å²) in [4.78, 5) is 18.8. The molecule has 1 atom stereocenters. The molecular weight excluding hydrogens is 356 g/mol. The van der Waals surface area contributed by atoms with E-state index < -0.39 is 0 Å². The van der Waals surface area contributed by atoms with E-state index in [0.717, 1.165) is 18.4 Å². The molecular formula is C18H21ClN4O3. The van der Waals surface area contributed by atoms with Crippen molar-refractivity contribution in [2.75, 3.05) is 18.4 Å². The molecule has 0 radical (unpaired) electrons. The van der Waals surface area contributed by atoms with E-state index in [1.807, 2.05) is 19.9 Å². The molecule has 7 nitrogen and oxygen atoms in total. The number of aromatic nitrogens is 2. The Kier molecular flexibility index (Phi) is 4.06. The normalized spacial score (nSPS) is 20.8. The van der Waals surface area contributed by atoms with E-state index in [4.69, 9.17) is 20.9 Å². The average molecular weight is 377 g/mol. The molecule has 0 aliphatic carbocycles. The molecule has 1 unspecified atom stereocenters. The molecule has 2 aliphatic rings. The van der Waals surface area contributed by atoms with Gasteiger partial charge in [0.15, 0.2) is 5.82 Å². The van der Waals surface area contributed by atoms with Gasteiger partial charge in [0.1, 0.15) is 17.0 Å². The monoisotopic (exact) mass is 376 g/mol. The van der Waals surface area contributed by atoms with Crippen molar-refractivity contribution in [1.82, 2.24) is 15.0 Å². The third kappa shape index (κ3) is 3.11. The molecule has 1 N–H and O–H groups in total. The Balaban J connectivity index is 1.49. The SMILES string of the molecule is Cc1noc(C2CCN(C(=O)Nc3c(Cl)ccc4c3OC(C)(C)C4)C2)n1. The molecule has 2 amide bonds. The third-order valence-corrected chi connectivity index (χ3v) is 5.10. The quantitative estimate of drug-likeness (QED) is 0.862. The largest absolute Gasteiger partial charge is 0.485 e. The van der Waals surface area contributed by atoms with Crippen LogP contribution in [0.1, 0.15) is 43.5 Å². The van der Waals surface area contributed by atoms with Crippen molar-refractivity contribution in [1.29, 1.82) is 0 Å². The van der Waals surface area contributed by atoms with Gasteiger partial charge < -0.3 is 19.5 Å². The fourth-order valence-electron chi connectivity index (χ4n) is 3.56. The Morgan fingerprint density at radius 2 is 2.23 bits per heavy atom. The van der Waals surface area contributed by atoms with Gasteiger partial charge in [-0.2, -0.15) is 4.98 Å². The second-order valence-corrected chi connectivity index (χ2v) is 7.90. The summed E-state index contributed by atoms with van der Waals surface area (Å²) in [5.74, 6) is 1.92. The number of urea groups is 1. The van der Waals surface area contributed by atoms with Crippen molar-refractivity contribution in [3.8, 4) is 5.75 Å². The maximum Gasteiger partial charge on any atom is 0.322 e. The number of amides is 2. The summed E-state index contributed by atoms with van der Waals surface area (Å²) in [7, 11) is 0. The average Bonchev–Trinajstić information content (AvgIpc) is 3.27. The summed E-state index contributed by atoms with van der Waals surface area (Å²) in [5.41, 5.74) is 1.29. The highest BCUT2D eigenvalue weighted by molar-refractivity contribution is 6.34. The number of likely N-dealkylation sites (tertiary alicyclic amines) is 1. The number of anilines is 1. The lowest BCUT2D eigenvalue weighted by Gasteiger charge is -2.21. The summed E-state index contributed by atoms with van der Waals surface area (Å²) >= 11 is 6.33. The summed E-state index contributed by atoms with van der Waals surface area (Å²) in [5, 5.41) is 7.23. The number of fused-ring (bicyclic) bond motifs is 1. The van der Waals surface area contributed by atoms with E-state index in [1.54, 1.807) is 17.9 Å². The van der Waals surface area contributed by atoms with E-state index in [2.05, 4.69) is 15.5 Å². The van der Waals surface area contributed by atoms with Crippen LogP contribution in [0.25, 0.3) is 0 Å². The maximum absolute atomic E-state index is 12.7. The summed E-state index contributed by atoms with van der Waals surface area (Å²) in [6, 6.07) is 3.55. The zero-order valence-corrected chi connectivity index (χ0v) is 15.8. The van der Waals surface area contributed by atoms with E-state index in [9.17, 15) is 4.79 Å². The van der Waals surface area contributed by atoms with Gasteiger partial charge in [-0.1, -0.05) is 22.8 Å². The van der Waals surface area contributed by atoms with Crippen molar-refractivity contribution >= 4 is 23.3 Å². The number of carbonyl (C=O) groups excluding carboxylic acids is 1. The molecule has 0 bridgehead atoms. The molecule has 2 aliphatic heterocycles. The maximum atomic E-state index is 12.7. The first-order valence-electron chi connectivity index (χ1n) is 8.69. The Morgan fingerprint density at radius 1 is 1.42 bits per heavy atom. The second-order valence-electron chi connectivity index (χ2n) is 7.49. The van der Waals surface area contributed by atoms with Crippen LogP contribution in [0.2, 0.25) is 5.02 Å². The molecule has 2 aromatic rings. The molecule has 138 valence electrons. The molecule has 1 aromatic heterocycles. The van der Waals surface area contributed by atoms with E-state index in [-0.39, 0.29) is 17.6 Å². The number of hydrogen-bond acceptors (Lipinski definition) is 5. The molecule has 8 heteroatoms. The molecule has 3 heterocycles. The van der Waals surface area contributed by atoms with Crippen molar-refractivity contribution < 1.29 is 14.1 Å². The summed E-state index contributed by atoms with van der Waals surface area (Å²) < 4.78 is 11.2. The Morgan fingerprint density at radius 3 is 2.96 bits per heavy atom. The van der Waals surface area contributed by atoms with Crippen LogP contribution in [0.3, 0.4) is 0 Å². The number of nitrogens with zero attached hydrogens (tertiary/aromatic N) is 3. The topological polar surface area (TPSA) is 80.5 Å². The lowest BCUT2D eigenvalue weighted by atomic mass is 10.0. The zero-order valence-electron chi connectivity index (χ0n) is 15.0. The molecule has 26 heavy (non-hydrogen) atoms. The number of hydrogen-bond donors (Lipinski definition) is 1. The highest BCUT2D eigenvalue weighted by atomic mass is 35.5. The van der Waals surface area contributed by atoms with Crippen LogP contribution in [0.4, 0.5) is 10.5 Å². The minimum absolute atomic E-state index is 0.0640. The Bertz CT molecular complexity index is 864. The molecule has 0 spiro atoms. The van der Waals surface area contributed by atoms with Gasteiger partial charge in [-0.15, -0.1) is 0 Å². The lowest BCUT2D eigenvalue weighted by Crippen LogP contribution is -2.33. The van der Waals surface area contributed by atoms with Crippen molar-refractivity contribution in [2.24, 2.45) is 0 Å². The van der Waals surface area contributed by atoms with E-state index >= 15 is 0 Å². The number of rotatable bonds is 2. The number of nitrogens with one attached hydrogen (secondary N) is 1. The number of carbonyl (C=O) groups is 1. The zero-order chi connectivity index (χ0) is 18.5. The molecule has 1 aromatic carbocycles. The first kappa shape index (κ1) is 17.1. The van der Waals surface area contributed by atoms with Gasteiger partial charge in [-0.25, -0.2) is 4.79 Å².